The fraction of sp³-hybridized carbons (Fsp3) is 0.250. The molecule has 6 heteroatoms. The average Bonchev–Trinajstić information content (AvgIpc) is 2.61. The van der Waals surface area contributed by atoms with E-state index in [0.717, 1.165) is 0 Å². The SMILES string of the molecule is C=CCOCc1cc(OC)cc(OC)c1-c1c(O)cccc1OC(C)=O. The number of benzene rings is 2. The minimum Gasteiger partial charge on any atom is -0.507 e. The molecule has 26 heavy (non-hydrogen) atoms. The lowest BCUT2D eigenvalue weighted by Crippen LogP contribution is -2.05. The Morgan fingerprint density at radius 1 is 1.15 bits per heavy atom. The van der Waals surface area contributed by atoms with Gasteiger partial charge in [-0.1, -0.05) is 12.1 Å². The van der Waals surface area contributed by atoms with Gasteiger partial charge >= 0.3 is 5.97 Å². The molecule has 0 saturated heterocycles. The van der Waals surface area contributed by atoms with Crippen LogP contribution in [0.4, 0.5) is 0 Å². The number of carbonyl (C=O) groups is 1. The topological polar surface area (TPSA) is 74.2 Å². The lowest BCUT2D eigenvalue weighted by molar-refractivity contribution is -0.131. The van der Waals surface area contributed by atoms with Gasteiger partial charge in [0.1, 0.15) is 23.0 Å². The number of ether oxygens (including phenoxy) is 4. The summed E-state index contributed by atoms with van der Waals surface area (Å²) in [4.78, 5) is 11.5. The molecule has 0 aromatic heterocycles. The molecule has 1 N–H and O–H groups in total. The molecule has 0 amide bonds. The number of carbonyl (C=O) groups excluding carboxylic acids is 1. The van der Waals surface area contributed by atoms with Crippen LogP contribution in [0, 0.1) is 0 Å². The Morgan fingerprint density at radius 3 is 2.54 bits per heavy atom. The predicted molar refractivity (Wildman–Crippen MR) is 97.8 cm³/mol. The second-order valence-corrected chi connectivity index (χ2v) is 5.41. The van der Waals surface area contributed by atoms with Crippen LogP contribution in [0.2, 0.25) is 0 Å². The number of hydrogen-bond acceptors (Lipinski definition) is 6. The third-order valence-electron chi connectivity index (χ3n) is 3.61. The molecule has 0 aliphatic rings. The monoisotopic (exact) mass is 358 g/mol. The molecule has 0 bridgehead atoms. The van der Waals surface area contributed by atoms with Crippen molar-refractivity contribution in [2.75, 3.05) is 20.8 Å². The van der Waals surface area contributed by atoms with Gasteiger partial charge in [-0.2, -0.15) is 0 Å². The van der Waals surface area contributed by atoms with Crippen LogP contribution in [0.25, 0.3) is 11.1 Å². The Morgan fingerprint density at radius 2 is 1.92 bits per heavy atom. The first-order valence-corrected chi connectivity index (χ1v) is 7.96. The predicted octanol–water partition coefficient (Wildman–Crippen LogP) is 3.70. The molecular weight excluding hydrogens is 336 g/mol. The Balaban J connectivity index is 2.70. The molecule has 6 nitrogen and oxygen atoms in total. The Hall–Kier alpha value is -2.99. The summed E-state index contributed by atoms with van der Waals surface area (Å²) in [6.45, 7) is 5.51. The fourth-order valence-electron chi connectivity index (χ4n) is 2.58. The van der Waals surface area contributed by atoms with Gasteiger partial charge in [0.2, 0.25) is 0 Å². The van der Waals surface area contributed by atoms with E-state index < -0.39 is 5.97 Å². The summed E-state index contributed by atoms with van der Waals surface area (Å²) in [5.41, 5.74) is 1.61. The summed E-state index contributed by atoms with van der Waals surface area (Å²) in [6.07, 6.45) is 1.64. The van der Waals surface area contributed by atoms with E-state index in [1.807, 2.05) is 0 Å². The molecule has 0 heterocycles. The van der Waals surface area contributed by atoms with E-state index in [0.29, 0.717) is 34.8 Å². The van der Waals surface area contributed by atoms with Crippen LogP contribution in [0.1, 0.15) is 12.5 Å². The molecule has 0 aliphatic heterocycles. The van der Waals surface area contributed by atoms with Gasteiger partial charge in [0, 0.05) is 18.6 Å². The first-order chi connectivity index (χ1) is 12.5. The number of methoxy groups -OCH3 is 2. The van der Waals surface area contributed by atoms with Gasteiger partial charge in [0.15, 0.2) is 0 Å². The quantitative estimate of drug-likeness (QED) is 0.336. The van der Waals surface area contributed by atoms with Crippen molar-refractivity contribution in [2.45, 2.75) is 13.5 Å². The van der Waals surface area contributed by atoms with Crippen molar-refractivity contribution in [3.8, 4) is 34.1 Å². The van der Waals surface area contributed by atoms with Crippen LogP contribution in [-0.2, 0) is 16.1 Å². The van der Waals surface area contributed by atoms with Crippen LogP contribution >= 0.6 is 0 Å². The second-order valence-electron chi connectivity index (χ2n) is 5.41. The summed E-state index contributed by atoms with van der Waals surface area (Å²) in [5, 5.41) is 10.5. The van der Waals surface area contributed by atoms with E-state index in [1.54, 1.807) is 37.5 Å². The number of aromatic hydroxyl groups is 1. The van der Waals surface area contributed by atoms with Crippen molar-refractivity contribution in [1.29, 1.82) is 0 Å². The fourth-order valence-corrected chi connectivity index (χ4v) is 2.58. The highest BCUT2D eigenvalue weighted by Gasteiger charge is 2.22. The van der Waals surface area contributed by atoms with E-state index in [4.69, 9.17) is 18.9 Å². The summed E-state index contributed by atoms with van der Waals surface area (Å²) in [5.74, 6) is 0.723. The van der Waals surface area contributed by atoms with Crippen LogP contribution < -0.4 is 14.2 Å². The maximum atomic E-state index is 11.5. The molecule has 0 spiro atoms. The lowest BCUT2D eigenvalue weighted by Gasteiger charge is -2.19. The lowest BCUT2D eigenvalue weighted by atomic mass is 9.96. The maximum Gasteiger partial charge on any atom is 0.308 e. The summed E-state index contributed by atoms with van der Waals surface area (Å²) < 4.78 is 21.7. The number of hydrogen-bond donors (Lipinski definition) is 1. The van der Waals surface area contributed by atoms with E-state index in [9.17, 15) is 9.90 Å². The highest BCUT2D eigenvalue weighted by atomic mass is 16.5. The molecule has 0 fully saturated rings. The van der Waals surface area contributed by atoms with Crippen molar-refractivity contribution in [2.24, 2.45) is 0 Å². The molecule has 2 aromatic carbocycles. The van der Waals surface area contributed by atoms with Crippen LogP contribution in [0.15, 0.2) is 43.0 Å². The zero-order chi connectivity index (χ0) is 19.1. The molecule has 2 rings (SSSR count). The molecule has 0 saturated carbocycles. The number of rotatable bonds is 8. The summed E-state index contributed by atoms with van der Waals surface area (Å²) >= 11 is 0. The number of phenols is 1. The molecule has 0 atom stereocenters. The largest absolute Gasteiger partial charge is 0.507 e. The molecule has 0 aliphatic carbocycles. The second kappa shape index (κ2) is 8.92. The third kappa shape index (κ3) is 4.34. The molecule has 0 unspecified atom stereocenters. The first-order valence-electron chi connectivity index (χ1n) is 7.96. The van der Waals surface area contributed by atoms with Gasteiger partial charge in [-0.3, -0.25) is 4.79 Å². The van der Waals surface area contributed by atoms with Gasteiger partial charge < -0.3 is 24.1 Å². The Labute approximate surface area is 152 Å². The average molecular weight is 358 g/mol. The number of phenolic OH excluding ortho intramolecular Hbond substituents is 1. The Kier molecular flexibility index (Phi) is 6.63. The van der Waals surface area contributed by atoms with Crippen molar-refractivity contribution >= 4 is 5.97 Å². The Bertz CT molecular complexity index is 797. The summed E-state index contributed by atoms with van der Waals surface area (Å²) in [7, 11) is 3.06. The van der Waals surface area contributed by atoms with Gasteiger partial charge in [-0.25, -0.2) is 0 Å². The van der Waals surface area contributed by atoms with Gasteiger partial charge in [-0.05, 0) is 23.8 Å². The van der Waals surface area contributed by atoms with Gasteiger partial charge in [0.05, 0.1) is 33.0 Å². The van der Waals surface area contributed by atoms with Crippen LogP contribution in [0.5, 0.6) is 23.0 Å². The van der Waals surface area contributed by atoms with E-state index in [1.165, 1.54) is 20.1 Å². The molecular formula is C20H22O6. The van der Waals surface area contributed by atoms with Gasteiger partial charge in [-0.15, -0.1) is 6.58 Å². The smallest absolute Gasteiger partial charge is 0.308 e. The zero-order valence-electron chi connectivity index (χ0n) is 15.1. The standard InChI is InChI=1S/C20H22O6/c1-5-9-25-12-14-10-15(23-3)11-18(24-4)19(14)20-16(22)7-6-8-17(20)26-13(2)21/h5-8,10-11,22H,1,9,12H2,2-4H3. The molecule has 2 aromatic rings. The van der Waals surface area contributed by atoms with Crippen LogP contribution in [0.3, 0.4) is 0 Å². The van der Waals surface area contributed by atoms with Crippen LogP contribution in [-0.4, -0.2) is 31.9 Å². The first kappa shape index (κ1) is 19.3. The zero-order valence-corrected chi connectivity index (χ0v) is 15.1. The van der Waals surface area contributed by atoms with E-state index >= 15 is 0 Å². The number of esters is 1. The summed E-state index contributed by atoms with van der Waals surface area (Å²) in [6, 6.07) is 8.19. The normalized spacial score (nSPS) is 10.3. The van der Waals surface area contributed by atoms with Gasteiger partial charge in [0.25, 0.3) is 0 Å². The minimum atomic E-state index is -0.492. The van der Waals surface area contributed by atoms with Crippen molar-refractivity contribution in [3.05, 3.63) is 48.6 Å². The maximum absolute atomic E-state index is 11.5. The third-order valence-corrected chi connectivity index (χ3v) is 3.61. The minimum absolute atomic E-state index is 0.0443. The highest BCUT2D eigenvalue weighted by Crippen LogP contribution is 2.46. The van der Waals surface area contributed by atoms with Crippen molar-refractivity contribution in [1.82, 2.24) is 0 Å². The van der Waals surface area contributed by atoms with Crippen molar-refractivity contribution in [3.63, 3.8) is 0 Å². The van der Waals surface area contributed by atoms with Crippen molar-refractivity contribution < 1.29 is 28.8 Å². The highest BCUT2D eigenvalue weighted by molar-refractivity contribution is 5.86. The van der Waals surface area contributed by atoms with E-state index in [2.05, 4.69) is 6.58 Å². The molecule has 0 radical (unpaired) electrons. The molecule has 138 valence electrons. The van der Waals surface area contributed by atoms with E-state index in [-0.39, 0.29) is 18.1 Å².